The zero-order valence-electron chi connectivity index (χ0n) is 10.2. The lowest BCUT2D eigenvalue weighted by molar-refractivity contribution is 0.447. The molecule has 1 aliphatic heterocycles. The van der Waals surface area contributed by atoms with E-state index in [0.29, 0.717) is 35.7 Å². The summed E-state index contributed by atoms with van der Waals surface area (Å²) in [5.74, 6) is 1.18. The number of hydrogen-bond acceptors (Lipinski definition) is 4. The van der Waals surface area contributed by atoms with Gasteiger partial charge in [-0.2, -0.15) is 4.31 Å². The van der Waals surface area contributed by atoms with E-state index in [1.54, 1.807) is 10.4 Å². The van der Waals surface area contributed by atoms with E-state index >= 15 is 0 Å². The summed E-state index contributed by atoms with van der Waals surface area (Å²) in [6.07, 6.45) is 3.64. The Labute approximate surface area is 112 Å². The second-order valence-corrected chi connectivity index (χ2v) is 8.53. The lowest BCUT2D eigenvalue weighted by atomic mass is 10.0. The number of rotatable bonds is 3. The fourth-order valence-electron chi connectivity index (χ4n) is 3.12. The van der Waals surface area contributed by atoms with E-state index in [9.17, 15) is 8.42 Å². The minimum Gasteiger partial charge on any atom is -0.326 e. The SMILES string of the molecule is NCc1ccc(S(=O)(=O)N2CC3CCCC3C2)s1. The van der Waals surface area contributed by atoms with Crippen molar-refractivity contribution in [3.63, 3.8) is 0 Å². The maximum atomic E-state index is 12.5. The largest absolute Gasteiger partial charge is 0.326 e. The van der Waals surface area contributed by atoms with Crippen LogP contribution in [-0.2, 0) is 16.6 Å². The van der Waals surface area contributed by atoms with Crippen LogP contribution in [0.15, 0.2) is 16.3 Å². The van der Waals surface area contributed by atoms with Crippen molar-refractivity contribution >= 4 is 21.4 Å². The fraction of sp³-hybridized carbons (Fsp3) is 0.667. The highest BCUT2D eigenvalue weighted by Gasteiger charge is 2.41. The van der Waals surface area contributed by atoms with Crippen LogP contribution in [0.3, 0.4) is 0 Å². The van der Waals surface area contributed by atoms with Crippen LogP contribution in [0, 0.1) is 11.8 Å². The van der Waals surface area contributed by atoms with Gasteiger partial charge in [-0.1, -0.05) is 6.42 Å². The first-order valence-electron chi connectivity index (χ1n) is 6.40. The number of nitrogens with zero attached hydrogens (tertiary/aromatic N) is 1. The number of fused-ring (bicyclic) bond motifs is 1. The topological polar surface area (TPSA) is 63.4 Å². The molecule has 2 atom stereocenters. The highest BCUT2D eigenvalue weighted by molar-refractivity contribution is 7.91. The molecule has 0 radical (unpaired) electrons. The van der Waals surface area contributed by atoms with E-state index < -0.39 is 10.0 Å². The van der Waals surface area contributed by atoms with Crippen LogP contribution in [0.2, 0.25) is 0 Å². The van der Waals surface area contributed by atoms with Gasteiger partial charge in [0.1, 0.15) is 4.21 Å². The predicted molar refractivity (Wildman–Crippen MR) is 71.8 cm³/mol. The fourth-order valence-corrected chi connectivity index (χ4v) is 6.06. The maximum Gasteiger partial charge on any atom is 0.252 e. The Hall–Kier alpha value is -0.430. The Morgan fingerprint density at radius 3 is 2.50 bits per heavy atom. The quantitative estimate of drug-likeness (QED) is 0.918. The van der Waals surface area contributed by atoms with Gasteiger partial charge in [0.05, 0.1) is 0 Å². The molecular formula is C12H18N2O2S2. The molecule has 1 saturated heterocycles. The van der Waals surface area contributed by atoms with E-state index in [4.69, 9.17) is 5.73 Å². The summed E-state index contributed by atoms with van der Waals surface area (Å²) >= 11 is 1.30. The van der Waals surface area contributed by atoms with Crippen molar-refractivity contribution in [2.75, 3.05) is 13.1 Å². The van der Waals surface area contributed by atoms with Gasteiger partial charge in [0.15, 0.2) is 0 Å². The zero-order chi connectivity index (χ0) is 12.8. The number of sulfonamides is 1. The molecule has 1 aromatic heterocycles. The molecule has 6 heteroatoms. The summed E-state index contributed by atoms with van der Waals surface area (Å²) in [7, 11) is -3.27. The molecule has 18 heavy (non-hydrogen) atoms. The molecule has 3 rings (SSSR count). The van der Waals surface area contributed by atoms with Crippen LogP contribution in [0.4, 0.5) is 0 Å². The lowest BCUT2D eigenvalue weighted by Crippen LogP contribution is -2.29. The Balaban J connectivity index is 1.82. The van der Waals surface area contributed by atoms with E-state index in [-0.39, 0.29) is 0 Å². The van der Waals surface area contributed by atoms with E-state index in [2.05, 4.69) is 0 Å². The summed E-state index contributed by atoms with van der Waals surface area (Å²) in [6, 6.07) is 3.50. The molecule has 2 N–H and O–H groups in total. The normalized spacial score (nSPS) is 28.7. The average Bonchev–Trinajstić information content (AvgIpc) is 3.03. The smallest absolute Gasteiger partial charge is 0.252 e. The Bertz CT molecular complexity index is 526. The van der Waals surface area contributed by atoms with Crippen LogP contribution in [0.25, 0.3) is 0 Å². The molecule has 0 aromatic carbocycles. The minimum atomic E-state index is -3.27. The second-order valence-electron chi connectivity index (χ2n) is 5.20. The first kappa shape index (κ1) is 12.6. The molecule has 100 valence electrons. The highest BCUT2D eigenvalue weighted by atomic mass is 32.2. The maximum absolute atomic E-state index is 12.5. The molecule has 0 spiro atoms. The van der Waals surface area contributed by atoms with Gasteiger partial charge < -0.3 is 5.73 Å². The molecule has 2 unspecified atom stereocenters. The highest BCUT2D eigenvalue weighted by Crippen LogP contribution is 2.40. The van der Waals surface area contributed by atoms with E-state index in [0.717, 1.165) is 4.88 Å². The third-order valence-corrected chi connectivity index (χ3v) is 7.53. The van der Waals surface area contributed by atoms with Gasteiger partial charge in [-0.3, -0.25) is 0 Å². The summed E-state index contributed by atoms with van der Waals surface area (Å²) in [6.45, 7) is 1.83. The van der Waals surface area contributed by atoms with E-state index in [1.165, 1.54) is 30.6 Å². The van der Waals surface area contributed by atoms with Crippen molar-refractivity contribution in [2.45, 2.75) is 30.0 Å². The molecule has 1 saturated carbocycles. The molecular weight excluding hydrogens is 268 g/mol. The Morgan fingerprint density at radius 1 is 1.28 bits per heavy atom. The van der Waals surface area contributed by atoms with Gasteiger partial charge in [0.2, 0.25) is 0 Å². The van der Waals surface area contributed by atoms with Crippen LogP contribution >= 0.6 is 11.3 Å². The van der Waals surface area contributed by atoms with Crippen molar-refractivity contribution < 1.29 is 8.42 Å². The van der Waals surface area contributed by atoms with Gasteiger partial charge in [-0.05, 0) is 36.8 Å². The average molecular weight is 286 g/mol. The summed E-state index contributed by atoms with van der Waals surface area (Å²) in [4.78, 5) is 0.924. The summed E-state index contributed by atoms with van der Waals surface area (Å²) in [5.41, 5.74) is 5.54. The first-order chi connectivity index (χ1) is 8.61. The van der Waals surface area contributed by atoms with Crippen LogP contribution in [-0.4, -0.2) is 25.8 Å². The van der Waals surface area contributed by atoms with Gasteiger partial charge in [0, 0.05) is 24.5 Å². The van der Waals surface area contributed by atoms with Crippen LogP contribution in [0.5, 0.6) is 0 Å². The van der Waals surface area contributed by atoms with Gasteiger partial charge in [-0.25, -0.2) is 8.42 Å². The molecule has 1 aliphatic carbocycles. The number of thiophene rings is 1. The molecule has 0 amide bonds. The molecule has 2 heterocycles. The first-order valence-corrected chi connectivity index (χ1v) is 8.66. The third kappa shape index (κ3) is 2.01. The Kier molecular flexibility index (Phi) is 3.21. The van der Waals surface area contributed by atoms with E-state index in [1.807, 2.05) is 6.07 Å². The van der Waals surface area contributed by atoms with Crippen LogP contribution < -0.4 is 5.73 Å². The molecule has 4 nitrogen and oxygen atoms in total. The van der Waals surface area contributed by atoms with Crippen LogP contribution in [0.1, 0.15) is 24.1 Å². The van der Waals surface area contributed by atoms with Gasteiger partial charge >= 0.3 is 0 Å². The second kappa shape index (κ2) is 4.59. The Morgan fingerprint density at radius 2 is 1.94 bits per heavy atom. The predicted octanol–water partition coefficient (Wildman–Crippen LogP) is 1.63. The molecule has 1 aromatic rings. The third-order valence-electron chi connectivity index (χ3n) is 4.13. The summed E-state index contributed by atoms with van der Waals surface area (Å²) < 4.78 is 27.1. The minimum absolute atomic E-state index is 0.408. The molecule has 2 aliphatic rings. The van der Waals surface area contributed by atoms with Crippen molar-refractivity contribution in [2.24, 2.45) is 17.6 Å². The number of hydrogen-bond donors (Lipinski definition) is 1. The van der Waals surface area contributed by atoms with Crippen molar-refractivity contribution in [1.82, 2.24) is 4.31 Å². The lowest BCUT2D eigenvalue weighted by Gasteiger charge is -2.15. The van der Waals surface area contributed by atoms with Gasteiger partial charge in [0.25, 0.3) is 10.0 Å². The zero-order valence-corrected chi connectivity index (χ0v) is 11.8. The van der Waals surface area contributed by atoms with Crippen molar-refractivity contribution in [3.05, 3.63) is 17.0 Å². The molecule has 0 bridgehead atoms. The number of nitrogens with two attached hydrogens (primary N) is 1. The standard InChI is InChI=1S/C12H18N2O2S2/c13-6-11-4-5-12(17-11)18(15,16)14-7-9-2-1-3-10(9)8-14/h4-5,9-10H,1-3,6-8,13H2. The molecule has 2 fully saturated rings. The summed E-state index contributed by atoms with van der Waals surface area (Å²) in [5, 5.41) is 0. The monoisotopic (exact) mass is 286 g/mol. The van der Waals surface area contributed by atoms with Crippen molar-refractivity contribution in [1.29, 1.82) is 0 Å². The van der Waals surface area contributed by atoms with Crippen molar-refractivity contribution in [3.8, 4) is 0 Å². The van der Waals surface area contributed by atoms with Gasteiger partial charge in [-0.15, -0.1) is 11.3 Å².